The molecule has 110 valence electrons. The molecule has 0 bridgehead atoms. The molecule has 7 heteroatoms. The van der Waals surface area contributed by atoms with Crippen LogP contribution in [0.15, 0.2) is 34.1 Å². The molecule has 0 unspecified atom stereocenters. The number of ether oxygens (including phenoxy) is 1. The Bertz CT molecular complexity index is 808. The Kier molecular flexibility index (Phi) is 4.59. The van der Waals surface area contributed by atoms with E-state index in [0.29, 0.717) is 22.4 Å². The van der Waals surface area contributed by atoms with Gasteiger partial charge in [-0.25, -0.2) is 13.2 Å². The molecule has 0 atom stereocenters. The zero-order valence-electron chi connectivity index (χ0n) is 11.2. The molecule has 0 amide bonds. The minimum atomic E-state index is -1.53. The molecule has 2 aromatic carbocycles. The van der Waals surface area contributed by atoms with Gasteiger partial charge in [0.25, 0.3) is 0 Å². The topological polar surface area (TPSA) is 56.8 Å². The Morgan fingerprint density at radius 1 is 0.909 bits per heavy atom. The molecule has 22 heavy (non-hydrogen) atoms. The fourth-order valence-corrected chi connectivity index (χ4v) is 2.58. The van der Waals surface area contributed by atoms with Gasteiger partial charge in [0.1, 0.15) is 29.0 Å². The standard InChI is InChI=1S/C15H7F3N2OS/c1-21-8-2-4-9(5-3-8)22-15-13(17)11(7-20)10(6-19)12(16)14(15)18/h2-5H,1H3. The first-order chi connectivity index (χ1) is 10.5. The molecule has 0 aliphatic carbocycles. The molecule has 2 aromatic rings. The fraction of sp³-hybridized carbons (Fsp3) is 0.0667. The third-order valence-corrected chi connectivity index (χ3v) is 3.85. The van der Waals surface area contributed by atoms with Gasteiger partial charge in [-0.05, 0) is 24.3 Å². The van der Waals surface area contributed by atoms with Crippen molar-refractivity contribution in [3.8, 4) is 17.9 Å². The minimum absolute atomic E-state index is 0.423. The second-order valence-electron chi connectivity index (χ2n) is 4.02. The average Bonchev–Trinajstić information content (AvgIpc) is 2.55. The lowest BCUT2D eigenvalue weighted by Gasteiger charge is -2.09. The lowest BCUT2D eigenvalue weighted by molar-refractivity contribution is 0.414. The van der Waals surface area contributed by atoms with Crippen LogP contribution < -0.4 is 4.74 Å². The van der Waals surface area contributed by atoms with Crippen LogP contribution >= 0.6 is 11.8 Å². The van der Waals surface area contributed by atoms with E-state index in [4.69, 9.17) is 15.3 Å². The second-order valence-corrected chi connectivity index (χ2v) is 5.11. The van der Waals surface area contributed by atoms with E-state index in [1.54, 1.807) is 12.1 Å². The summed E-state index contributed by atoms with van der Waals surface area (Å²) in [6.07, 6.45) is 0. The highest BCUT2D eigenvalue weighted by molar-refractivity contribution is 7.99. The zero-order chi connectivity index (χ0) is 16.3. The van der Waals surface area contributed by atoms with E-state index in [1.165, 1.54) is 31.4 Å². The quantitative estimate of drug-likeness (QED) is 0.802. The van der Waals surface area contributed by atoms with Crippen molar-refractivity contribution < 1.29 is 17.9 Å². The van der Waals surface area contributed by atoms with Gasteiger partial charge < -0.3 is 4.74 Å². The number of hydrogen-bond donors (Lipinski definition) is 0. The number of methoxy groups -OCH3 is 1. The van der Waals surface area contributed by atoms with Crippen molar-refractivity contribution in [3.05, 3.63) is 52.8 Å². The van der Waals surface area contributed by atoms with Crippen LogP contribution in [0, 0.1) is 40.1 Å². The Morgan fingerprint density at radius 2 is 1.45 bits per heavy atom. The monoisotopic (exact) mass is 320 g/mol. The van der Waals surface area contributed by atoms with Gasteiger partial charge in [0.2, 0.25) is 0 Å². The van der Waals surface area contributed by atoms with Crippen molar-refractivity contribution >= 4 is 11.8 Å². The van der Waals surface area contributed by atoms with Gasteiger partial charge in [-0.15, -0.1) is 0 Å². The molecule has 0 heterocycles. The van der Waals surface area contributed by atoms with Crippen LogP contribution in [-0.4, -0.2) is 7.11 Å². The van der Waals surface area contributed by atoms with E-state index < -0.39 is 33.5 Å². The highest BCUT2D eigenvalue weighted by Crippen LogP contribution is 2.36. The first-order valence-corrected chi connectivity index (χ1v) is 6.67. The largest absolute Gasteiger partial charge is 0.497 e. The first-order valence-electron chi connectivity index (χ1n) is 5.86. The average molecular weight is 320 g/mol. The Morgan fingerprint density at radius 3 is 1.95 bits per heavy atom. The molecular formula is C15H7F3N2OS. The van der Waals surface area contributed by atoms with E-state index in [9.17, 15) is 13.2 Å². The summed E-state index contributed by atoms with van der Waals surface area (Å²) in [6, 6.07) is 8.90. The number of hydrogen-bond acceptors (Lipinski definition) is 4. The van der Waals surface area contributed by atoms with Gasteiger partial charge >= 0.3 is 0 Å². The smallest absolute Gasteiger partial charge is 0.179 e. The molecule has 3 nitrogen and oxygen atoms in total. The number of benzene rings is 2. The third-order valence-electron chi connectivity index (χ3n) is 2.78. The molecule has 0 saturated heterocycles. The molecular weight excluding hydrogens is 313 g/mol. The molecule has 2 rings (SSSR count). The van der Waals surface area contributed by atoms with E-state index in [-0.39, 0.29) is 0 Å². The highest BCUT2D eigenvalue weighted by atomic mass is 32.2. The van der Waals surface area contributed by atoms with Crippen LogP contribution in [-0.2, 0) is 0 Å². The summed E-state index contributed by atoms with van der Waals surface area (Å²) in [5.74, 6) is -3.72. The predicted molar refractivity (Wildman–Crippen MR) is 72.9 cm³/mol. The van der Waals surface area contributed by atoms with Crippen molar-refractivity contribution in [2.24, 2.45) is 0 Å². The van der Waals surface area contributed by atoms with E-state index in [0.717, 1.165) is 0 Å². The summed E-state index contributed by atoms with van der Waals surface area (Å²) < 4.78 is 46.8. The van der Waals surface area contributed by atoms with Crippen LogP contribution in [0.2, 0.25) is 0 Å². The predicted octanol–water partition coefficient (Wildman–Crippen LogP) is 4.01. The fourth-order valence-electron chi connectivity index (χ4n) is 1.70. The molecule has 0 radical (unpaired) electrons. The SMILES string of the molecule is COc1ccc(Sc2c(F)c(F)c(C#N)c(C#N)c2F)cc1. The summed E-state index contributed by atoms with van der Waals surface area (Å²) >= 11 is 0.617. The van der Waals surface area contributed by atoms with Gasteiger partial charge in [0, 0.05) is 4.90 Å². The lowest BCUT2D eigenvalue weighted by atomic mass is 10.1. The zero-order valence-corrected chi connectivity index (χ0v) is 12.0. The second kappa shape index (κ2) is 6.42. The van der Waals surface area contributed by atoms with Gasteiger partial charge in [-0.1, -0.05) is 11.8 Å². The van der Waals surface area contributed by atoms with Gasteiger partial charge in [0.15, 0.2) is 17.5 Å². The van der Waals surface area contributed by atoms with Gasteiger partial charge in [0.05, 0.1) is 12.0 Å². The van der Waals surface area contributed by atoms with E-state index in [2.05, 4.69) is 0 Å². The van der Waals surface area contributed by atoms with Gasteiger partial charge in [-0.3, -0.25) is 0 Å². The van der Waals surface area contributed by atoms with Crippen LogP contribution in [0.5, 0.6) is 5.75 Å². The van der Waals surface area contributed by atoms with E-state index >= 15 is 0 Å². The lowest BCUT2D eigenvalue weighted by Crippen LogP contribution is -2.02. The third kappa shape index (κ3) is 2.72. The molecule has 0 fully saturated rings. The molecule has 0 aromatic heterocycles. The summed E-state index contributed by atoms with van der Waals surface area (Å²) in [7, 11) is 1.47. The number of halogens is 3. The summed E-state index contributed by atoms with van der Waals surface area (Å²) in [4.78, 5) is -0.246. The number of rotatable bonds is 3. The van der Waals surface area contributed by atoms with Crippen LogP contribution in [0.1, 0.15) is 11.1 Å². The molecule has 0 saturated carbocycles. The van der Waals surface area contributed by atoms with E-state index in [1.807, 2.05) is 0 Å². The number of nitriles is 2. The summed E-state index contributed by atoms with van der Waals surface area (Å²) in [5, 5.41) is 17.6. The molecule has 0 spiro atoms. The van der Waals surface area contributed by atoms with Crippen molar-refractivity contribution in [1.29, 1.82) is 10.5 Å². The van der Waals surface area contributed by atoms with Crippen LogP contribution in [0.4, 0.5) is 13.2 Å². The molecule has 0 aliphatic heterocycles. The van der Waals surface area contributed by atoms with Crippen LogP contribution in [0.3, 0.4) is 0 Å². The molecule has 0 aliphatic rings. The maximum atomic E-state index is 14.2. The highest BCUT2D eigenvalue weighted by Gasteiger charge is 2.25. The Hall–Kier alpha value is -2.64. The van der Waals surface area contributed by atoms with Crippen molar-refractivity contribution in [1.82, 2.24) is 0 Å². The minimum Gasteiger partial charge on any atom is -0.497 e. The Labute approximate surface area is 128 Å². The maximum Gasteiger partial charge on any atom is 0.179 e. The van der Waals surface area contributed by atoms with Crippen molar-refractivity contribution in [3.63, 3.8) is 0 Å². The molecule has 0 N–H and O–H groups in total. The van der Waals surface area contributed by atoms with Crippen LogP contribution in [0.25, 0.3) is 0 Å². The first kappa shape index (κ1) is 15.7. The number of nitrogens with zero attached hydrogens (tertiary/aromatic N) is 2. The summed E-state index contributed by atoms with van der Waals surface area (Å²) in [6.45, 7) is 0. The van der Waals surface area contributed by atoms with Crippen molar-refractivity contribution in [2.75, 3.05) is 7.11 Å². The summed E-state index contributed by atoms with van der Waals surface area (Å²) in [5.41, 5.74) is -1.74. The van der Waals surface area contributed by atoms with Crippen molar-refractivity contribution in [2.45, 2.75) is 9.79 Å². The normalized spacial score (nSPS) is 9.91. The van der Waals surface area contributed by atoms with Gasteiger partial charge in [-0.2, -0.15) is 10.5 Å². The maximum absolute atomic E-state index is 14.2. The Balaban J connectivity index is 2.54.